The molecule has 1 N–H and O–H groups in total. The molecule has 1 amide bonds. The van der Waals surface area contributed by atoms with Gasteiger partial charge in [-0.1, -0.05) is 18.2 Å². The molecule has 0 saturated heterocycles. The second kappa shape index (κ2) is 4.73. The molecule has 0 saturated carbocycles. The zero-order chi connectivity index (χ0) is 9.78. The molecule has 0 aromatic heterocycles. The van der Waals surface area contributed by atoms with Crippen LogP contribution in [0.5, 0.6) is 0 Å². The molecule has 0 aliphatic heterocycles. The van der Waals surface area contributed by atoms with Gasteiger partial charge in [0.2, 0.25) is 5.91 Å². The second-order valence-electron chi connectivity index (χ2n) is 3.22. The van der Waals surface area contributed by atoms with Gasteiger partial charge in [-0.15, -0.1) is 11.6 Å². The van der Waals surface area contributed by atoms with Crippen LogP contribution in [0.25, 0.3) is 0 Å². The van der Waals surface area contributed by atoms with Crippen molar-refractivity contribution in [3.05, 3.63) is 11.6 Å². The predicted molar refractivity (Wildman–Crippen MR) is 52.5 cm³/mol. The van der Waals surface area contributed by atoms with Crippen LogP contribution in [0.4, 0.5) is 0 Å². The Morgan fingerprint density at radius 3 is 2.42 bits per heavy atom. The second-order valence-corrected chi connectivity index (χ2v) is 4.02. The number of hydrogen-bond donors (Lipinski definition) is 1. The maximum Gasteiger partial charge on any atom is 0.227 e. The molecule has 0 atom stereocenters. The molecule has 0 heterocycles. The van der Waals surface area contributed by atoms with Crippen molar-refractivity contribution in [3.63, 3.8) is 0 Å². The summed E-state index contributed by atoms with van der Waals surface area (Å²) in [7, 11) is 0. The summed E-state index contributed by atoms with van der Waals surface area (Å²) in [6.45, 7) is 7.29. The smallest absolute Gasteiger partial charge is 0.227 e. The van der Waals surface area contributed by atoms with E-state index in [1.807, 2.05) is 0 Å². The highest BCUT2D eigenvalue weighted by atomic mass is 35.5. The van der Waals surface area contributed by atoms with Gasteiger partial charge in [-0.2, -0.15) is 0 Å². The number of amides is 1. The van der Waals surface area contributed by atoms with Crippen LogP contribution >= 0.6 is 23.2 Å². The fraction of sp³-hybridized carbons (Fsp3) is 0.625. The summed E-state index contributed by atoms with van der Waals surface area (Å²) < 4.78 is 0. The predicted octanol–water partition coefficient (Wildman–Crippen LogP) is 2.12. The van der Waals surface area contributed by atoms with Gasteiger partial charge >= 0.3 is 0 Å². The fourth-order valence-electron chi connectivity index (χ4n) is 0.476. The van der Waals surface area contributed by atoms with Gasteiger partial charge in [0.1, 0.15) is 0 Å². The fourth-order valence-corrected chi connectivity index (χ4v) is 0.664. The third-order valence-electron chi connectivity index (χ3n) is 1.39. The van der Waals surface area contributed by atoms with Crippen LogP contribution in [0.1, 0.15) is 13.8 Å². The van der Waals surface area contributed by atoms with Crippen LogP contribution in [0.15, 0.2) is 11.6 Å². The molecule has 0 bridgehead atoms. The van der Waals surface area contributed by atoms with Crippen LogP contribution in [-0.2, 0) is 4.79 Å². The van der Waals surface area contributed by atoms with Gasteiger partial charge in [-0.3, -0.25) is 4.79 Å². The largest absolute Gasteiger partial charge is 0.351 e. The average molecular weight is 210 g/mol. The van der Waals surface area contributed by atoms with Gasteiger partial charge in [0.15, 0.2) is 0 Å². The number of carbonyl (C=O) groups excluding carboxylic acids is 1. The summed E-state index contributed by atoms with van der Waals surface area (Å²) in [4.78, 5) is 11.3. The minimum atomic E-state index is -0.548. The summed E-state index contributed by atoms with van der Waals surface area (Å²) in [5.41, 5.74) is -0.548. The molecule has 0 aliphatic rings. The molecule has 12 heavy (non-hydrogen) atoms. The zero-order valence-corrected chi connectivity index (χ0v) is 8.80. The lowest BCUT2D eigenvalue weighted by Gasteiger charge is -2.19. The van der Waals surface area contributed by atoms with E-state index in [2.05, 4.69) is 11.9 Å². The first-order valence-electron chi connectivity index (χ1n) is 3.57. The maximum absolute atomic E-state index is 11.3. The van der Waals surface area contributed by atoms with Crippen molar-refractivity contribution in [1.82, 2.24) is 5.32 Å². The van der Waals surface area contributed by atoms with E-state index in [0.29, 0.717) is 11.6 Å². The van der Waals surface area contributed by atoms with Crippen LogP contribution in [0.2, 0.25) is 0 Å². The zero-order valence-electron chi connectivity index (χ0n) is 7.29. The molecule has 0 aromatic carbocycles. The standard InChI is InChI=1S/C8H13Cl2NO/c1-6(10)4-11-7(12)8(2,3)5-9/h1,4-5H2,2-3H3,(H,11,12). The monoisotopic (exact) mass is 209 g/mol. The first-order valence-corrected chi connectivity index (χ1v) is 4.49. The van der Waals surface area contributed by atoms with E-state index in [-0.39, 0.29) is 11.8 Å². The third-order valence-corrected chi connectivity index (χ3v) is 2.19. The summed E-state index contributed by atoms with van der Waals surface area (Å²) >= 11 is 11.1. The number of hydrogen-bond acceptors (Lipinski definition) is 1. The van der Waals surface area contributed by atoms with E-state index >= 15 is 0 Å². The Morgan fingerprint density at radius 2 is 2.08 bits per heavy atom. The quantitative estimate of drug-likeness (QED) is 0.707. The van der Waals surface area contributed by atoms with E-state index in [9.17, 15) is 4.79 Å². The van der Waals surface area contributed by atoms with Crippen molar-refractivity contribution in [3.8, 4) is 0 Å². The van der Waals surface area contributed by atoms with Crippen molar-refractivity contribution in [2.45, 2.75) is 13.8 Å². The van der Waals surface area contributed by atoms with Gasteiger partial charge in [-0.25, -0.2) is 0 Å². The van der Waals surface area contributed by atoms with Crippen LogP contribution in [-0.4, -0.2) is 18.3 Å². The van der Waals surface area contributed by atoms with Crippen molar-refractivity contribution in [2.75, 3.05) is 12.4 Å². The minimum Gasteiger partial charge on any atom is -0.351 e. The highest BCUT2D eigenvalue weighted by molar-refractivity contribution is 6.29. The van der Waals surface area contributed by atoms with E-state index in [0.717, 1.165) is 0 Å². The molecule has 70 valence electrons. The number of rotatable bonds is 4. The Bertz CT molecular complexity index is 189. The minimum absolute atomic E-state index is 0.112. The van der Waals surface area contributed by atoms with E-state index in [4.69, 9.17) is 23.2 Å². The molecular weight excluding hydrogens is 197 g/mol. The number of carbonyl (C=O) groups is 1. The molecule has 0 rings (SSSR count). The topological polar surface area (TPSA) is 29.1 Å². The van der Waals surface area contributed by atoms with Crippen molar-refractivity contribution < 1.29 is 4.79 Å². The lowest BCUT2D eigenvalue weighted by molar-refractivity contribution is -0.128. The summed E-state index contributed by atoms with van der Waals surface area (Å²) in [6.07, 6.45) is 0. The van der Waals surface area contributed by atoms with Gasteiger partial charge in [-0.05, 0) is 13.8 Å². The molecule has 0 aromatic rings. The number of alkyl halides is 1. The summed E-state index contributed by atoms with van der Waals surface area (Å²) in [5, 5.41) is 3.03. The maximum atomic E-state index is 11.3. The van der Waals surface area contributed by atoms with Crippen molar-refractivity contribution in [2.24, 2.45) is 5.41 Å². The average Bonchev–Trinajstić information content (AvgIpc) is 2.00. The molecule has 0 spiro atoms. The van der Waals surface area contributed by atoms with Crippen molar-refractivity contribution in [1.29, 1.82) is 0 Å². The third kappa shape index (κ3) is 3.98. The Kier molecular flexibility index (Phi) is 4.64. The van der Waals surface area contributed by atoms with Crippen LogP contribution < -0.4 is 5.32 Å². The molecule has 0 fully saturated rings. The normalized spacial score (nSPS) is 11.0. The van der Waals surface area contributed by atoms with E-state index < -0.39 is 5.41 Å². The highest BCUT2D eigenvalue weighted by Crippen LogP contribution is 2.16. The Balaban J connectivity index is 3.96. The van der Waals surface area contributed by atoms with Crippen LogP contribution in [0, 0.1) is 5.41 Å². The highest BCUT2D eigenvalue weighted by Gasteiger charge is 2.25. The van der Waals surface area contributed by atoms with Gasteiger partial charge in [0, 0.05) is 10.9 Å². The Hall–Kier alpha value is -0.210. The molecule has 4 heteroatoms. The van der Waals surface area contributed by atoms with Crippen molar-refractivity contribution >= 4 is 29.1 Å². The molecular formula is C8H13Cl2NO. The first kappa shape index (κ1) is 11.8. The Labute approximate surface area is 82.9 Å². The SMILES string of the molecule is C=C(Cl)CNC(=O)C(C)(C)CCl. The molecule has 2 nitrogen and oxygen atoms in total. The van der Waals surface area contributed by atoms with Gasteiger partial charge in [0.05, 0.1) is 12.0 Å². The first-order chi connectivity index (χ1) is 5.40. The number of nitrogens with one attached hydrogen (secondary N) is 1. The van der Waals surface area contributed by atoms with Crippen LogP contribution in [0.3, 0.4) is 0 Å². The van der Waals surface area contributed by atoms with E-state index in [1.54, 1.807) is 13.8 Å². The van der Waals surface area contributed by atoms with E-state index in [1.165, 1.54) is 0 Å². The lowest BCUT2D eigenvalue weighted by Crippen LogP contribution is -2.38. The summed E-state index contributed by atoms with van der Waals surface area (Å²) in [5.74, 6) is 0.174. The Morgan fingerprint density at radius 1 is 1.58 bits per heavy atom. The number of halogens is 2. The summed E-state index contributed by atoms with van der Waals surface area (Å²) in [6, 6.07) is 0. The molecule has 0 unspecified atom stereocenters. The molecule has 0 aliphatic carbocycles. The lowest BCUT2D eigenvalue weighted by atomic mass is 9.95. The molecule has 0 radical (unpaired) electrons. The van der Waals surface area contributed by atoms with Gasteiger partial charge in [0.25, 0.3) is 0 Å². The van der Waals surface area contributed by atoms with Gasteiger partial charge < -0.3 is 5.32 Å².